The van der Waals surface area contributed by atoms with E-state index in [4.69, 9.17) is 11.6 Å². The molecule has 0 fully saturated rings. The Bertz CT molecular complexity index is 973. The number of thioether (sulfide) groups is 1. The molecule has 2 atom stereocenters. The first-order chi connectivity index (χ1) is 13.6. The van der Waals surface area contributed by atoms with Crippen LogP contribution in [-0.2, 0) is 15.8 Å². The van der Waals surface area contributed by atoms with E-state index in [-0.39, 0.29) is 12.0 Å². The molecule has 2 aromatic rings. The molecule has 0 saturated carbocycles. The van der Waals surface area contributed by atoms with E-state index in [0.29, 0.717) is 10.6 Å². The van der Waals surface area contributed by atoms with Crippen LogP contribution in [0.2, 0.25) is 5.02 Å². The van der Waals surface area contributed by atoms with Crippen LogP contribution in [0.3, 0.4) is 0 Å². The highest BCUT2D eigenvalue weighted by atomic mass is 35.5. The number of rotatable bonds is 8. The van der Waals surface area contributed by atoms with Crippen molar-refractivity contribution in [1.29, 1.82) is 0 Å². The predicted octanol–water partition coefficient (Wildman–Crippen LogP) is 5.45. The van der Waals surface area contributed by atoms with E-state index in [9.17, 15) is 23.0 Å². The Morgan fingerprint density at radius 3 is 2.59 bits per heavy atom. The highest BCUT2D eigenvalue weighted by molar-refractivity contribution is 8.02. The normalized spacial score (nSPS) is 14.4. The van der Waals surface area contributed by atoms with Gasteiger partial charge in [-0.1, -0.05) is 36.0 Å². The first-order valence-electron chi connectivity index (χ1n) is 8.40. The highest BCUT2D eigenvalue weighted by Gasteiger charge is 2.33. The molecule has 0 aliphatic rings. The van der Waals surface area contributed by atoms with E-state index >= 15 is 0 Å². The van der Waals surface area contributed by atoms with Crippen molar-refractivity contribution in [2.45, 2.75) is 17.0 Å². The lowest BCUT2D eigenvalue weighted by Crippen LogP contribution is -2.33. The molecular weight excluding hydrogens is 439 g/mol. The Morgan fingerprint density at radius 2 is 2.00 bits per heavy atom. The van der Waals surface area contributed by atoms with Crippen LogP contribution in [0.15, 0.2) is 59.5 Å². The summed E-state index contributed by atoms with van der Waals surface area (Å²) >= 11 is 7.32. The van der Waals surface area contributed by atoms with Gasteiger partial charge in [0.05, 0.1) is 0 Å². The maximum atomic E-state index is 13.7. The molecule has 2 unspecified atom stereocenters. The van der Waals surface area contributed by atoms with Crippen LogP contribution in [0.5, 0.6) is 0 Å². The van der Waals surface area contributed by atoms with Crippen LogP contribution in [0.1, 0.15) is 11.1 Å². The van der Waals surface area contributed by atoms with Gasteiger partial charge in [0.1, 0.15) is 17.3 Å². The molecule has 2 aromatic carbocycles. The molecule has 0 saturated heterocycles. The molecule has 2 N–H and O–H groups in total. The van der Waals surface area contributed by atoms with E-state index in [2.05, 4.69) is 11.9 Å². The Morgan fingerprint density at radius 1 is 1.34 bits per heavy atom. The second-order valence-corrected chi connectivity index (χ2v) is 10.1. The maximum Gasteiger partial charge on any atom is 0.237 e. The van der Waals surface area contributed by atoms with Crippen LogP contribution in [0.4, 0.5) is 8.78 Å². The smallest absolute Gasteiger partial charge is 0.237 e. The first-order valence-corrected chi connectivity index (χ1v) is 11.8. The van der Waals surface area contributed by atoms with Gasteiger partial charge in [0.15, 0.2) is 0 Å². The van der Waals surface area contributed by atoms with Crippen molar-refractivity contribution >= 4 is 42.7 Å². The van der Waals surface area contributed by atoms with Crippen molar-refractivity contribution in [3.05, 3.63) is 82.4 Å². The minimum absolute atomic E-state index is 0.0469. The van der Waals surface area contributed by atoms with Crippen LogP contribution < -0.4 is 5.32 Å². The van der Waals surface area contributed by atoms with Crippen molar-refractivity contribution < 1.29 is 23.0 Å². The third-order valence-electron chi connectivity index (χ3n) is 4.00. The molecule has 1 amide bonds. The largest absolute Gasteiger partial charge is 0.344 e. The molecule has 2 rings (SSSR count). The predicted molar refractivity (Wildman–Crippen MR) is 114 cm³/mol. The van der Waals surface area contributed by atoms with E-state index in [1.54, 1.807) is 23.6 Å². The Labute approximate surface area is 177 Å². The minimum Gasteiger partial charge on any atom is -0.344 e. The van der Waals surface area contributed by atoms with Gasteiger partial charge in [-0.15, -0.1) is 0 Å². The van der Waals surface area contributed by atoms with E-state index < -0.39 is 30.6 Å². The Kier molecular flexibility index (Phi) is 8.23. The molecule has 0 radical (unpaired) electrons. The number of halogens is 3. The van der Waals surface area contributed by atoms with Crippen LogP contribution in [-0.4, -0.2) is 23.1 Å². The van der Waals surface area contributed by atoms with Gasteiger partial charge in [-0.3, -0.25) is 9.36 Å². The summed E-state index contributed by atoms with van der Waals surface area (Å²) < 4.78 is 39.7. The Balaban J connectivity index is 2.24. The minimum atomic E-state index is -3.85. The molecule has 4 nitrogen and oxygen atoms in total. The number of benzene rings is 2. The van der Waals surface area contributed by atoms with E-state index in [1.807, 2.05) is 0 Å². The number of hydrogen-bond acceptors (Lipinski definition) is 3. The fourth-order valence-electron chi connectivity index (χ4n) is 2.57. The summed E-state index contributed by atoms with van der Waals surface area (Å²) in [5.74, 6) is -2.33. The number of amides is 1. The molecule has 154 valence electrons. The van der Waals surface area contributed by atoms with Gasteiger partial charge >= 0.3 is 0 Å². The van der Waals surface area contributed by atoms with Gasteiger partial charge in [-0.25, -0.2) is 8.78 Å². The van der Waals surface area contributed by atoms with Crippen molar-refractivity contribution in [3.63, 3.8) is 0 Å². The molecule has 0 aromatic heterocycles. The lowest BCUT2D eigenvalue weighted by atomic mass is 10.1. The summed E-state index contributed by atoms with van der Waals surface area (Å²) in [5, 5.41) is 4.35. The third kappa shape index (κ3) is 6.54. The molecule has 0 heterocycles. The van der Waals surface area contributed by atoms with Crippen molar-refractivity contribution in [2.24, 2.45) is 0 Å². The van der Waals surface area contributed by atoms with Crippen molar-refractivity contribution in [3.8, 4) is 0 Å². The second kappa shape index (κ2) is 10.2. The molecule has 0 aliphatic carbocycles. The average molecular weight is 458 g/mol. The van der Waals surface area contributed by atoms with Crippen LogP contribution in [0, 0.1) is 11.6 Å². The maximum absolute atomic E-state index is 13.7. The molecular formula is C20H19ClF2NO3PS. The average Bonchev–Trinajstić information content (AvgIpc) is 2.63. The molecule has 0 spiro atoms. The standard InChI is InChI=1S/C20H19ClF2NO3PS/c1-3-29-19-8-7-14(21)11-13(19)12-18(28(2,26)27)20(25)24-10-9-15-16(22)5-4-6-17(15)23/h3-11,18H,1,12H2,2H3,(H,24,25)(H,26,27)/b10-9+. The zero-order valence-electron chi connectivity index (χ0n) is 15.4. The SMILES string of the molecule is C=CSc1ccc(Cl)cc1CC(C(=O)N/C=C/c1c(F)cccc1F)P(C)(=O)O. The molecule has 0 bridgehead atoms. The first kappa shape index (κ1) is 23.4. The van der Waals surface area contributed by atoms with Gasteiger partial charge < -0.3 is 10.2 Å². The summed E-state index contributed by atoms with van der Waals surface area (Å²) in [4.78, 5) is 23.4. The molecule has 9 heteroatoms. The summed E-state index contributed by atoms with van der Waals surface area (Å²) in [6.45, 7) is 4.73. The zero-order chi connectivity index (χ0) is 21.6. The summed E-state index contributed by atoms with van der Waals surface area (Å²) in [5.41, 5.74) is -0.990. The molecule has 29 heavy (non-hydrogen) atoms. The monoisotopic (exact) mass is 457 g/mol. The fraction of sp³-hybridized carbons (Fsp3) is 0.150. The quantitative estimate of drug-likeness (QED) is 0.408. The van der Waals surface area contributed by atoms with Gasteiger partial charge in [0.25, 0.3) is 0 Å². The second-order valence-electron chi connectivity index (χ2n) is 6.18. The lowest BCUT2D eigenvalue weighted by Gasteiger charge is -2.20. The van der Waals surface area contributed by atoms with Crippen LogP contribution >= 0.6 is 30.7 Å². The summed E-state index contributed by atoms with van der Waals surface area (Å²) in [6, 6.07) is 8.41. The number of carbonyl (C=O) groups is 1. The third-order valence-corrected chi connectivity index (χ3v) is 6.63. The topological polar surface area (TPSA) is 66.4 Å². The fourth-order valence-corrected chi connectivity index (χ4v) is 4.43. The van der Waals surface area contributed by atoms with Crippen molar-refractivity contribution in [1.82, 2.24) is 5.32 Å². The van der Waals surface area contributed by atoms with Gasteiger partial charge in [0.2, 0.25) is 13.3 Å². The van der Waals surface area contributed by atoms with Gasteiger partial charge in [0, 0.05) is 28.3 Å². The van der Waals surface area contributed by atoms with Gasteiger partial charge in [-0.2, -0.15) is 0 Å². The van der Waals surface area contributed by atoms with Crippen LogP contribution in [0.25, 0.3) is 6.08 Å². The number of carbonyl (C=O) groups excluding carboxylic acids is 1. The number of hydrogen-bond donors (Lipinski definition) is 2. The highest BCUT2D eigenvalue weighted by Crippen LogP contribution is 2.44. The lowest BCUT2D eigenvalue weighted by molar-refractivity contribution is -0.119. The Hall–Kier alpha value is -1.92. The van der Waals surface area contributed by atoms with Gasteiger partial charge in [-0.05, 0) is 53.8 Å². The van der Waals surface area contributed by atoms with E-state index in [1.165, 1.54) is 17.8 Å². The van der Waals surface area contributed by atoms with E-state index in [0.717, 1.165) is 36.0 Å². The summed E-state index contributed by atoms with van der Waals surface area (Å²) in [7, 11) is -3.85. The molecule has 0 aliphatic heterocycles. The summed E-state index contributed by atoms with van der Waals surface area (Å²) in [6.07, 6.45) is 2.05. The number of nitrogens with one attached hydrogen (secondary N) is 1. The zero-order valence-corrected chi connectivity index (χ0v) is 17.9. The van der Waals surface area contributed by atoms with Crippen molar-refractivity contribution in [2.75, 3.05) is 6.66 Å².